The van der Waals surface area contributed by atoms with Crippen LogP contribution in [-0.4, -0.2) is 30.0 Å². The highest BCUT2D eigenvalue weighted by molar-refractivity contribution is 7.07. The number of thiazole rings is 1. The van der Waals surface area contributed by atoms with E-state index >= 15 is 0 Å². The van der Waals surface area contributed by atoms with Gasteiger partial charge in [0.1, 0.15) is 12.2 Å². The van der Waals surface area contributed by atoms with Crippen LogP contribution in [0, 0.1) is 10.1 Å². The van der Waals surface area contributed by atoms with Gasteiger partial charge in [-0.2, -0.15) is 0 Å². The number of methoxy groups -OCH3 is 1. The molecule has 1 heterocycles. The van der Waals surface area contributed by atoms with Crippen LogP contribution in [0.4, 0.5) is 5.69 Å². The van der Waals surface area contributed by atoms with Crippen molar-refractivity contribution >= 4 is 22.9 Å². The second-order valence-electron chi connectivity index (χ2n) is 4.12. The number of nitro benzene ring substituents is 1. The summed E-state index contributed by atoms with van der Waals surface area (Å²) in [7, 11) is 2.79. The first-order valence-corrected chi connectivity index (χ1v) is 7.09. The van der Waals surface area contributed by atoms with Crippen molar-refractivity contribution in [3.8, 4) is 11.5 Å². The molecule has 0 spiro atoms. The highest BCUT2D eigenvalue weighted by Gasteiger charge is 2.24. The lowest BCUT2D eigenvalue weighted by Crippen LogP contribution is -2.19. The van der Waals surface area contributed by atoms with Crippen LogP contribution in [-0.2, 0) is 6.61 Å². The smallest absolute Gasteiger partial charge is 0.286 e. The van der Waals surface area contributed by atoms with Gasteiger partial charge in [0.25, 0.3) is 11.6 Å². The fraction of sp³-hybridized carbons (Fsp3) is 0.231. The van der Waals surface area contributed by atoms with Crippen LogP contribution in [0.1, 0.15) is 16.1 Å². The van der Waals surface area contributed by atoms with Crippen LogP contribution < -0.4 is 14.8 Å². The van der Waals surface area contributed by atoms with Crippen LogP contribution >= 0.6 is 11.3 Å². The van der Waals surface area contributed by atoms with Crippen molar-refractivity contribution in [2.75, 3.05) is 14.2 Å². The highest BCUT2D eigenvalue weighted by Crippen LogP contribution is 2.35. The molecule has 0 bridgehead atoms. The van der Waals surface area contributed by atoms with E-state index in [-0.39, 0.29) is 29.4 Å². The largest absolute Gasteiger partial charge is 0.493 e. The first-order valence-electron chi connectivity index (χ1n) is 6.15. The van der Waals surface area contributed by atoms with Crippen LogP contribution in [0.15, 0.2) is 23.0 Å². The van der Waals surface area contributed by atoms with Crippen molar-refractivity contribution in [2.24, 2.45) is 0 Å². The molecule has 1 amide bonds. The predicted molar refractivity (Wildman–Crippen MR) is 79.5 cm³/mol. The minimum Gasteiger partial charge on any atom is -0.493 e. The van der Waals surface area contributed by atoms with Gasteiger partial charge in [-0.05, 0) is 0 Å². The van der Waals surface area contributed by atoms with Gasteiger partial charge in [0.05, 0.1) is 29.3 Å². The summed E-state index contributed by atoms with van der Waals surface area (Å²) in [6, 6.07) is 2.46. The fourth-order valence-corrected chi connectivity index (χ4v) is 2.29. The maximum Gasteiger partial charge on any atom is 0.286 e. The summed E-state index contributed by atoms with van der Waals surface area (Å²) in [6.45, 7) is 0.149. The molecular formula is C13H13N3O5S. The van der Waals surface area contributed by atoms with Crippen LogP contribution in [0.3, 0.4) is 0 Å². The molecule has 1 N–H and O–H groups in total. The Morgan fingerprint density at radius 1 is 1.45 bits per heavy atom. The minimum absolute atomic E-state index is 0.0923. The maximum atomic E-state index is 11.7. The maximum absolute atomic E-state index is 11.7. The number of nitrogens with one attached hydrogen (secondary N) is 1. The molecule has 2 aromatic rings. The Balaban J connectivity index is 2.38. The third-order valence-corrected chi connectivity index (χ3v) is 3.44. The first kappa shape index (κ1) is 15.7. The number of nitrogens with zero attached hydrogens (tertiary/aromatic N) is 2. The van der Waals surface area contributed by atoms with Gasteiger partial charge in [0.15, 0.2) is 11.5 Å². The summed E-state index contributed by atoms with van der Waals surface area (Å²) < 4.78 is 10.7. The molecule has 0 fully saturated rings. The molecule has 0 atom stereocenters. The number of hydrogen-bond acceptors (Lipinski definition) is 7. The van der Waals surface area contributed by atoms with Crippen molar-refractivity contribution < 1.29 is 19.2 Å². The number of nitro groups is 1. The summed E-state index contributed by atoms with van der Waals surface area (Å²) in [5, 5.41) is 15.3. The molecule has 116 valence electrons. The Morgan fingerprint density at radius 3 is 2.77 bits per heavy atom. The minimum atomic E-state index is -0.639. The number of hydrogen-bond donors (Lipinski definition) is 1. The standard InChI is InChI=1S/C13H13N3O5S/c1-14-13(17)9-3-11(20-2)12(4-10(9)16(18)19)21-5-8-6-22-7-15-8/h3-4,6-7H,5H2,1-2H3,(H,14,17). The molecule has 0 aliphatic heterocycles. The van der Waals surface area contributed by atoms with Gasteiger partial charge < -0.3 is 14.8 Å². The molecular weight excluding hydrogens is 310 g/mol. The molecule has 8 nitrogen and oxygen atoms in total. The summed E-state index contributed by atoms with van der Waals surface area (Å²) in [4.78, 5) is 26.3. The molecule has 9 heteroatoms. The second-order valence-corrected chi connectivity index (χ2v) is 4.84. The number of aromatic nitrogens is 1. The van der Waals surface area contributed by atoms with E-state index < -0.39 is 10.8 Å². The molecule has 2 rings (SSSR count). The van der Waals surface area contributed by atoms with E-state index in [0.717, 1.165) is 0 Å². The number of rotatable bonds is 6. The Bertz CT molecular complexity index is 687. The van der Waals surface area contributed by atoms with Gasteiger partial charge in [-0.15, -0.1) is 11.3 Å². The third kappa shape index (κ3) is 3.31. The van der Waals surface area contributed by atoms with Gasteiger partial charge in [-0.25, -0.2) is 4.98 Å². The molecule has 0 unspecified atom stereocenters. The van der Waals surface area contributed by atoms with Crippen molar-refractivity contribution in [1.29, 1.82) is 0 Å². The van der Waals surface area contributed by atoms with E-state index in [1.165, 1.54) is 37.6 Å². The van der Waals surface area contributed by atoms with E-state index in [2.05, 4.69) is 10.3 Å². The summed E-state index contributed by atoms with van der Waals surface area (Å²) in [5.41, 5.74) is 1.91. The lowest BCUT2D eigenvalue weighted by Gasteiger charge is -2.11. The zero-order valence-electron chi connectivity index (χ0n) is 11.9. The molecule has 1 aromatic carbocycles. The summed E-state index contributed by atoms with van der Waals surface area (Å²) in [5.74, 6) is -0.162. The van der Waals surface area contributed by atoms with Gasteiger partial charge >= 0.3 is 0 Å². The number of ether oxygens (including phenoxy) is 2. The molecule has 0 aliphatic rings. The lowest BCUT2D eigenvalue weighted by atomic mass is 10.1. The monoisotopic (exact) mass is 323 g/mol. The Morgan fingerprint density at radius 2 is 2.23 bits per heavy atom. The third-order valence-electron chi connectivity index (χ3n) is 2.81. The molecule has 0 saturated carbocycles. The molecule has 0 saturated heterocycles. The van der Waals surface area contributed by atoms with E-state index in [0.29, 0.717) is 5.69 Å². The Hall–Kier alpha value is -2.68. The van der Waals surface area contributed by atoms with Crippen molar-refractivity contribution in [3.05, 3.63) is 44.4 Å². The van der Waals surface area contributed by atoms with Crippen molar-refractivity contribution in [2.45, 2.75) is 6.61 Å². The SMILES string of the molecule is CNC(=O)c1cc(OC)c(OCc2cscn2)cc1[N+](=O)[O-]. The summed E-state index contributed by atoms with van der Waals surface area (Å²) >= 11 is 1.42. The number of amides is 1. The van der Waals surface area contributed by atoms with Crippen LogP contribution in [0.25, 0.3) is 0 Å². The van der Waals surface area contributed by atoms with Gasteiger partial charge in [0, 0.05) is 18.5 Å². The van der Waals surface area contributed by atoms with Gasteiger partial charge in [0.2, 0.25) is 0 Å². The topological polar surface area (TPSA) is 104 Å². The lowest BCUT2D eigenvalue weighted by molar-refractivity contribution is -0.385. The van der Waals surface area contributed by atoms with Crippen LogP contribution in [0.5, 0.6) is 11.5 Å². The fourth-order valence-electron chi connectivity index (χ4n) is 1.75. The highest BCUT2D eigenvalue weighted by atomic mass is 32.1. The molecule has 22 heavy (non-hydrogen) atoms. The molecule has 0 radical (unpaired) electrons. The number of carbonyl (C=O) groups is 1. The average Bonchev–Trinajstić information content (AvgIpc) is 3.04. The van der Waals surface area contributed by atoms with E-state index in [1.54, 1.807) is 10.9 Å². The molecule has 1 aromatic heterocycles. The zero-order chi connectivity index (χ0) is 16.1. The zero-order valence-corrected chi connectivity index (χ0v) is 12.7. The second kappa shape index (κ2) is 6.85. The number of carbonyl (C=O) groups excluding carboxylic acids is 1. The normalized spacial score (nSPS) is 10.1. The van der Waals surface area contributed by atoms with E-state index in [9.17, 15) is 14.9 Å². The molecule has 0 aliphatic carbocycles. The summed E-state index contributed by atoms with van der Waals surface area (Å²) in [6.07, 6.45) is 0. The predicted octanol–water partition coefficient (Wildman–Crippen LogP) is 2.00. The van der Waals surface area contributed by atoms with E-state index in [4.69, 9.17) is 9.47 Å². The van der Waals surface area contributed by atoms with E-state index in [1.807, 2.05) is 0 Å². The number of benzene rings is 1. The Labute approximate surface area is 129 Å². The average molecular weight is 323 g/mol. The van der Waals surface area contributed by atoms with Crippen LogP contribution in [0.2, 0.25) is 0 Å². The Kier molecular flexibility index (Phi) is 4.89. The first-order chi connectivity index (χ1) is 10.6. The quantitative estimate of drug-likeness (QED) is 0.644. The van der Waals surface area contributed by atoms with Crippen molar-refractivity contribution in [3.63, 3.8) is 0 Å². The van der Waals surface area contributed by atoms with Crippen molar-refractivity contribution in [1.82, 2.24) is 10.3 Å². The van der Waals surface area contributed by atoms with Gasteiger partial charge in [-0.3, -0.25) is 14.9 Å². The van der Waals surface area contributed by atoms with Gasteiger partial charge in [-0.1, -0.05) is 0 Å².